The van der Waals surface area contributed by atoms with Crippen molar-refractivity contribution in [2.24, 2.45) is 34.5 Å². The van der Waals surface area contributed by atoms with Gasteiger partial charge >= 0.3 is 0 Å². The molecule has 2 heteroatoms. The van der Waals surface area contributed by atoms with Crippen molar-refractivity contribution < 1.29 is 9.59 Å². The van der Waals surface area contributed by atoms with Crippen LogP contribution < -0.4 is 0 Å². The molecule has 0 saturated heterocycles. The van der Waals surface area contributed by atoms with Crippen molar-refractivity contribution in [2.75, 3.05) is 0 Å². The lowest BCUT2D eigenvalue weighted by Crippen LogP contribution is -2.51. The van der Waals surface area contributed by atoms with Crippen molar-refractivity contribution in [3.05, 3.63) is 11.6 Å². The highest BCUT2D eigenvalue weighted by Crippen LogP contribution is 2.67. The Morgan fingerprint density at radius 3 is 2.69 bits per heavy atom. The maximum Gasteiger partial charge on any atom is 0.155 e. The van der Waals surface area contributed by atoms with Gasteiger partial charge in [0.05, 0.1) is 0 Å². The van der Waals surface area contributed by atoms with Gasteiger partial charge in [0, 0.05) is 18.8 Å². The number of ketones is 2. The van der Waals surface area contributed by atoms with Gasteiger partial charge in [-0.05, 0) is 93.5 Å². The molecule has 140 valence electrons. The quantitative estimate of drug-likeness (QED) is 0.647. The molecular weight excluding hydrogens is 320 g/mol. The molecule has 4 aliphatic rings. The minimum atomic E-state index is 0.123. The van der Waals surface area contributed by atoms with E-state index in [9.17, 15) is 9.59 Å². The number of hydrogen-bond acceptors (Lipinski definition) is 2. The van der Waals surface area contributed by atoms with E-state index in [-0.39, 0.29) is 16.7 Å². The van der Waals surface area contributed by atoms with E-state index in [0.29, 0.717) is 29.3 Å². The molecule has 26 heavy (non-hydrogen) atoms. The van der Waals surface area contributed by atoms with Crippen LogP contribution in [-0.2, 0) is 9.59 Å². The molecular formula is C24H32O2. The van der Waals surface area contributed by atoms with Crippen LogP contribution in [0.25, 0.3) is 0 Å². The average Bonchev–Trinajstić information content (AvgIpc) is 3.00. The second kappa shape index (κ2) is 6.36. The van der Waals surface area contributed by atoms with E-state index in [1.165, 1.54) is 24.8 Å². The zero-order valence-electron chi connectivity index (χ0n) is 16.6. The Balaban J connectivity index is 1.70. The molecule has 0 unspecified atom stereocenters. The Morgan fingerprint density at radius 2 is 1.96 bits per heavy atom. The van der Waals surface area contributed by atoms with Crippen LogP contribution in [0.5, 0.6) is 0 Å². The molecule has 0 amide bonds. The Kier molecular flexibility index (Phi) is 4.41. The summed E-state index contributed by atoms with van der Waals surface area (Å²) in [5.74, 6) is 9.45. The lowest BCUT2D eigenvalue weighted by Gasteiger charge is -2.58. The molecule has 0 aromatic rings. The summed E-state index contributed by atoms with van der Waals surface area (Å²) < 4.78 is 0. The fourth-order valence-corrected chi connectivity index (χ4v) is 7.57. The summed E-state index contributed by atoms with van der Waals surface area (Å²) in [4.78, 5) is 24.4. The number of carbonyl (C=O) groups is 2. The van der Waals surface area contributed by atoms with Gasteiger partial charge in [0.2, 0.25) is 0 Å². The minimum Gasteiger partial charge on any atom is -0.300 e. The van der Waals surface area contributed by atoms with Gasteiger partial charge in [0.15, 0.2) is 5.78 Å². The summed E-state index contributed by atoms with van der Waals surface area (Å²) in [5, 5.41) is 0. The number of hydrogen-bond donors (Lipinski definition) is 0. The Bertz CT molecular complexity index is 720. The zero-order chi connectivity index (χ0) is 18.5. The Hall–Kier alpha value is -1.36. The fraction of sp³-hybridized carbons (Fsp3) is 0.750. The predicted molar refractivity (Wildman–Crippen MR) is 103 cm³/mol. The van der Waals surface area contributed by atoms with E-state index in [4.69, 9.17) is 0 Å². The second-order valence-electron chi connectivity index (χ2n) is 9.58. The third-order valence-corrected chi connectivity index (χ3v) is 8.76. The van der Waals surface area contributed by atoms with Gasteiger partial charge < -0.3 is 0 Å². The molecule has 0 bridgehead atoms. The molecule has 4 aliphatic carbocycles. The van der Waals surface area contributed by atoms with Crippen molar-refractivity contribution in [1.82, 2.24) is 0 Å². The van der Waals surface area contributed by atoms with E-state index in [2.05, 4.69) is 18.8 Å². The molecule has 0 aromatic carbocycles. The van der Waals surface area contributed by atoms with Gasteiger partial charge in [-0.3, -0.25) is 9.59 Å². The highest BCUT2D eigenvalue weighted by Gasteiger charge is 2.61. The second-order valence-corrected chi connectivity index (χ2v) is 9.58. The van der Waals surface area contributed by atoms with Crippen LogP contribution in [0.15, 0.2) is 11.6 Å². The van der Waals surface area contributed by atoms with Crippen LogP contribution >= 0.6 is 0 Å². The van der Waals surface area contributed by atoms with Gasteiger partial charge in [-0.15, -0.1) is 11.8 Å². The highest BCUT2D eigenvalue weighted by molar-refractivity contribution is 5.91. The molecule has 3 fully saturated rings. The predicted octanol–water partition coefficient (Wildman–Crippen LogP) is 5.12. The molecule has 0 radical (unpaired) electrons. The first-order valence-electron chi connectivity index (χ1n) is 10.6. The van der Waals surface area contributed by atoms with Gasteiger partial charge in [0.1, 0.15) is 5.78 Å². The minimum absolute atomic E-state index is 0.123. The van der Waals surface area contributed by atoms with E-state index < -0.39 is 0 Å². The molecule has 0 N–H and O–H groups in total. The topological polar surface area (TPSA) is 34.1 Å². The lowest BCUT2D eigenvalue weighted by atomic mass is 9.46. The lowest BCUT2D eigenvalue weighted by molar-refractivity contribution is -0.129. The van der Waals surface area contributed by atoms with Crippen LogP contribution in [0.1, 0.15) is 78.6 Å². The normalized spacial score (nSPS) is 44.1. The standard InChI is InChI=1S/C24H32O2/c1-4-5-12-24-14-11-21-19(22(24)9-8-20(24)16(2)25)7-6-17-15-18(26)10-13-23(17,21)3/h15,19-22H,6-14H2,1-3H3/t19-,20-,21+,22+,23+,24-/m1/s1. The Labute approximate surface area is 158 Å². The number of rotatable bonds is 2. The van der Waals surface area contributed by atoms with Crippen molar-refractivity contribution in [2.45, 2.75) is 78.6 Å². The third kappa shape index (κ3) is 2.46. The van der Waals surface area contributed by atoms with Crippen LogP contribution in [0, 0.1) is 46.3 Å². The summed E-state index contributed by atoms with van der Waals surface area (Å²) in [6.07, 6.45) is 11.5. The van der Waals surface area contributed by atoms with Gasteiger partial charge in [-0.1, -0.05) is 12.5 Å². The summed E-state index contributed by atoms with van der Waals surface area (Å²) in [6, 6.07) is 0. The molecule has 2 nitrogen and oxygen atoms in total. The first-order chi connectivity index (χ1) is 12.4. The highest BCUT2D eigenvalue weighted by atomic mass is 16.1. The Morgan fingerprint density at radius 1 is 1.15 bits per heavy atom. The third-order valence-electron chi connectivity index (χ3n) is 8.76. The van der Waals surface area contributed by atoms with Crippen molar-refractivity contribution in [3.63, 3.8) is 0 Å². The molecule has 0 aliphatic heterocycles. The van der Waals surface area contributed by atoms with Gasteiger partial charge in [-0.25, -0.2) is 0 Å². The van der Waals surface area contributed by atoms with E-state index in [1.807, 2.05) is 13.0 Å². The van der Waals surface area contributed by atoms with Crippen LogP contribution in [-0.4, -0.2) is 11.6 Å². The van der Waals surface area contributed by atoms with E-state index in [1.54, 1.807) is 6.92 Å². The molecule has 6 atom stereocenters. The summed E-state index contributed by atoms with van der Waals surface area (Å²) >= 11 is 0. The summed E-state index contributed by atoms with van der Waals surface area (Å²) in [6.45, 7) is 6.15. The number of Topliss-reactive ketones (excluding diaryl/α,β-unsaturated/α-hetero) is 1. The molecule has 4 rings (SSSR count). The summed E-state index contributed by atoms with van der Waals surface area (Å²) in [5.41, 5.74) is 1.77. The molecule has 0 heterocycles. The largest absolute Gasteiger partial charge is 0.300 e. The number of carbonyl (C=O) groups excluding carboxylic acids is 2. The monoisotopic (exact) mass is 352 g/mol. The van der Waals surface area contributed by atoms with Crippen molar-refractivity contribution in [1.29, 1.82) is 0 Å². The van der Waals surface area contributed by atoms with E-state index in [0.717, 1.165) is 38.5 Å². The SMILES string of the molecule is CC#CC[C@]12CC[C@H]3[C@@H](CCC4=CC(=O)CC[C@@]43C)[C@@H]1CC[C@@H]2C(C)=O. The summed E-state index contributed by atoms with van der Waals surface area (Å²) in [7, 11) is 0. The van der Waals surface area contributed by atoms with Crippen LogP contribution in [0.3, 0.4) is 0 Å². The van der Waals surface area contributed by atoms with Crippen LogP contribution in [0.4, 0.5) is 0 Å². The molecule has 0 spiro atoms. The number of allylic oxidation sites excluding steroid dienone is 1. The fourth-order valence-electron chi connectivity index (χ4n) is 7.57. The van der Waals surface area contributed by atoms with Crippen molar-refractivity contribution >= 4 is 11.6 Å². The van der Waals surface area contributed by atoms with Gasteiger partial charge in [-0.2, -0.15) is 0 Å². The van der Waals surface area contributed by atoms with Crippen LogP contribution in [0.2, 0.25) is 0 Å². The van der Waals surface area contributed by atoms with Crippen molar-refractivity contribution in [3.8, 4) is 11.8 Å². The number of fused-ring (bicyclic) bond motifs is 5. The maximum absolute atomic E-state index is 12.5. The average molecular weight is 353 g/mol. The van der Waals surface area contributed by atoms with Gasteiger partial charge in [0.25, 0.3) is 0 Å². The smallest absolute Gasteiger partial charge is 0.155 e. The first kappa shape index (κ1) is 18.0. The maximum atomic E-state index is 12.5. The first-order valence-corrected chi connectivity index (χ1v) is 10.6. The molecule has 0 aromatic heterocycles. The van der Waals surface area contributed by atoms with E-state index >= 15 is 0 Å². The zero-order valence-corrected chi connectivity index (χ0v) is 16.6. The molecule has 3 saturated carbocycles.